The number of nitrogens with zero attached hydrogens (tertiary/aromatic N) is 3. The van der Waals surface area contributed by atoms with Crippen LogP contribution in [0.5, 0.6) is 11.8 Å². The highest BCUT2D eigenvalue weighted by Crippen LogP contribution is 2.45. The normalized spacial score (nSPS) is 17.6. The summed E-state index contributed by atoms with van der Waals surface area (Å²) in [6.45, 7) is 2.87. The molecule has 1 atom stereocenters. The number of sulfonamides is 1. The maximum absolute atomic E-state index is 12.1. The van der Waals surface area contributed by atoms with Crippen molar-refractivity contribution >= 4 is 21.4 Å². The fourth-order valence-electron chi connectivity index (χ4n) is 4.35. The standard InChI is InChI=1S/C25H28N4O3S/c1-2-14-33(30,31)28-21-9-6-19(7-10-21)23-15-20-8-11-22(32-25-26-12-3-13-27-25)16-24(20)29(23)17-18-4-5-18/h3,6-13,16,18,23,28H,2,4-5,14-15,17H2,1H3. The minimum Gasteiger partial charge on any atom is -0.424 e. The lowest BCUT2D eigenvalue weighted by Gasteiger charge is -2.28. The van der Waals surface area contributed by atoms with E-state index in [0.29, 0.717) is 18.1 Å². The molecule has 1 unspecified atom stereocenters. The smallest absolute Gasteiger partial charge is 0.321 e. The zero-order chi connectivity index (χ0) is 22.8. The summed E-state index contributed by atoms with van der Waals surface area (Å²) < 4.78 is 32.7. The number of aromatic nitrogens is 2. The molecule has 0 bridgehead atoms. The first-order valence-corrected chi connectivity index (χ1v) is 13.1. The van der Waals surface area contributed by atoms with Crippen molar-refractivity contribution in [2.45, 2.75) is 38.6 Å². The van der Waals surface area contributed by atoms with Crippen LogP contribution >= 0.6 is 0 Å². The Balaban J connectivity index is 1.38. The molecule has 1 aromatic heterocycles. The van der Waals surface area contributed by atoms with Gasteiger partial charge in [0.2, 0.25) is 10.0 Å². The third-order valence-electron chi connectivity index (χ3n) is 6.10. The van der Waals surface area contributed by atoms with E-state index in [9.17, 15) is 8.42 Å². The molecule has 0 radical (unpaired) electrons. The van der Waals surface area contributed by atoms with Gasteiger partial charge >= 0.3 is 6.01 Å². The third kappa shape index (κ3) is 5.11. The third-order valence-corrected chi connectivity index (χ3v) is 7.59. The monoisotopic (exact) mass is 464 g/mol. The van der Waals surface area contributed by atoms with Crippen molar-refractivity contribution in [2.24, 2.45) is 5.92 Å². The van der Waals surface area contributed by atoms with Crippen LogP contribution in [-0.2, 0) is 16.4 Å². The minimum absolute atomic E-state index is 0.125. The number of benzene rings is 2. The van der Waals surface area contributed by atoms with E-state index >= 15 is 0 Å². The average Bonchev–Trinajstić information content (AvgIpc) is 3.55. The van der Waals surface area contributed by atoms with Crippen LogP contribution in [0.3, 0.4) is 0 Å². The SMILES string of the molecule is CCCS(=O)(=O)Nc1ccc(C2Cc3ccc(Oc4ncccn4)cc3N2CC2CC2)cc1. The Morgan fingerprint density at radius 2 is 1.85 bits per heavy atom. The van der Waals surface area contributed by atoms with Gasteiger partial charge in [-0.05, 0) is 67.0 Å². The van der Waals surface area contributed by atoms with E-state index < -0.39 is 10.0 Å². The Bertz CT molecular complexity index is 1210. The molecule has 1 fully saturated rings. The topological polar surface area (TPSA) is 84.4 Å². The Morgan fingerprint density at radius 3 is 2.55 bits per heavy atom. The van der Waals surface area contributed by atoms with E-state index in [1.165, 1.54) is 29.7 Å². The molecule has 1 aliphatic carbocycles. The molecule has 2 aromatic carbocycles. The van der Waals surface area contributed by atoms with Crippen LogP contribution < -0.4 is 14.4 Å². The van der Waals surface area contributed by atoms with Crippen molar-refractivity contribution in [3.8, 4) is 11.8 Å². The van der Waals surface area contributed by atoms with Crippen molar-refractivity contribution in [3.05, 3.63) is 72.1 Å². The van der Waals surface area contributed by atoms with Gasteiger partial charge in [0.25, 0.3) is 0 Å². The Kier molecular flexibility index (Phi) is 5.93. The molecule has 172 valence electrons. The number of nitrogens with one attached hydrogen (secondary N) is 1. The molecule has 1 aliphatic heterocycles. The van der Waals surface area contributed by atoms with Gasteiger partial charge in [-0.1, -0.05) is 25.1 Å². The van der Waals surface area contributed by atoms with Gasteiger partial charge in [0.1, 0.15) is 5.75 Å². The second-order valence-corrected chi connectivity index (χ2v) is 10.6. The number of anilines is 2. The molecule has 5 rings (SSSR count). The zero-order valence-electron chi connectivity index (χ0n) is 18.6. The predicted octanol–water partition coefficient (Wildman–Crippen LogP) is 4.93. The van der Waals surface area contributed by atoms with Crippen molar-refractivity contribution in [1.82, 2.24) is 9.97 Å². The highest BCUT2D eigenvalue weighted by molar-refractivity contribution is 7.92. The first kappa shape index (κ1) is 21.7. The van der Waals surface area contributed by atoms with Crippen molar-refractivity contribution < 1.29 is 13.2 Å². The average molecular weight is 465 g/mol. The first-order chi connectivity index (χ1) is 16.0. The van der Waals surface area contributed by atoms with Crippen LogP contribution in [0.25, 0.3) is 0 Å². The lowest BCUT2D eigenvalue weighted by molar-refractivity contribution is 0.441. The van der Waals surface area contributed by atoms with E-state index in [2.05, 4.69) is 31.7 Å². The molecular formula is C25H28N4O3S. The van der Waals surface area contributed by atoms with Gasteiger partial charge in [0, 0.05) is 36.4 Å². The van der Waals surface area contributed by atoms with Crippen LogP contribution in [0.2, 0.25) is 0 Å². The van der Waals surface area contributed by atoms with Gasteiger partial charge in [-0.3, -0.25) is 4.72 Å². The van der Waals surface area contributed by atoms with Crippen molar-refractivity contribution in [2.75, 3.05) is 21.9 Å². The molecule has 2 heterocycles. The largest absolute Gasteiger partial charge is 0.424 e. The Labute approximate surface area is 194 Å². The zero-order valence-corrected chi connectivity index (χ0v) is 19.5. The van der Waals surface area contributed by atoms with Gasteiger partial charge in [0.05, 0.1) is 11.8 Å². The fraction of sp³-hybridized carbons (Fsp3) is 0.360. The van der Waals surface area contributed by atoms with Gasteiger partial charge in [-0.15, -0.1) is 0 Å². The summed E-state index contributed by atoms with van der Waals surface area (Å²) in [6, 6.07) is 16.3. The van der Waals surface area contributed by atoms with E-state index in [0.717, 1.165) is 24.6 Å². The summed E-state index contributed by atoms with van der Waals surface area (Å²) >= 11 is 0. The van der Waals surface area contributed by atoms with Gasteiger partial charge in [-0.25, -0.2) is 18.4 Å². The van der Waals surface area contributed by atoms with E-state index in [1.807, 2.05) is 37.3 Å². The highest BCUT2D eigenvalue weighted by Gasteiger charge is 2.35. The maximum Gasteiger partial charge on any atom is 0.321 e. The molecule has 0 amide bonds. The van der Waals surface area contributed by atoms with Crippen LogP contribution in [0.1, 0.15) is 43.4 Å². The predicted molar refractivity (Wildman–Crippen MR) is 129 cm³/mol. The summed E-state index contributed by atoms with van der Waals surface area (Å²) in [7, 11) is -3.29. The summed E-state index contributed by atoms with van der Waals surface area (Å²) in [6.07, 6.45) is 7.36. The van der Waals surface area contributed by atoms with Crippen LogP contribution in [-0.4, -0.2) is 30.7 Å². The quantitative estimate of drug-likeness (QED) is 0.483. The molecule has 0 spiro atoms. The number of rotatable bonds is 9. The summed E-state index contributed by atoms with van der Waals surface area (Å²) in [4.78, 5) is 10.8. The van der Waals surface area contributed by atoms with E-state index in [1.54, 1.807) is 18.5 Å². The van der Waals surface area contributed by atoms with Crippen molar-refractivity contribution in [1.29, 1.82) is 0 Å². The number of hydrogen-bond acceptors (Lipinski definition) is 6. The van der Waals surface area contributed by atoms with Crippen LogP contribution in [0.15, 0.2) is 60.9 Å². The molecule has 7 nitrogen and oxygen atoms in total. The molecule has 1 saturated carbocycles. The van der Waals surface area contributed by atoms with Crippen LogP contribution in [0.4, 0.5) is 11.4 Å². The van der Waals surface area contributed by atoms with E-state index in [-0.39, 0.29) is 11.8 Å². The van der Waals surface area contributed by atoms with Gasteiger partial charge in [-0.2, -0.15) is 0 Å². The van der Waals surface area contributed by atoms with Gasteiger partial charge < -0.3 is 9.64 Å². The molecule has 8 heteroatoms. The summed E-state index contributed by atoms with van der Waals surface area (Å²) in [5, 5.41) is 0. The van der Waals surface area contributed by atoms with Gasteiger partial charge in [0.15, 0.2) is 0 Å². The molecule has 0 saturated heterocycles. The maximum atomic E-state index is 12.1. The molecular weight excluding hydrogens is 436 g/mol. The molecule has 33 heavy (non-hydrogen) atoms. The summed E-state index contributed by atoms with van der Waals surface area (Å²) in [5.74, 6) is 1.57. The number of hydrogen-bond donors (Lipinski definition) is 1. The lowest BCUT2D eigenvalue weighted by atomic mass is 10.0. The van der Waals surface area contributed by atoms with Crippen LogP contribution in [0, 0.1) is 5.92 Å². The number of ether oxygens (including phenoxy) is 1. The highest BCUT2D eigenvalue weighted by atomic mass is 32.2. The molecule has 3 aromatic rings. The second-order valence-electron chi connectivity index (χ2n) is 8.78. The lowest BCUT2D eigenvalue weighted by Crippen LogP contribution is -2.27. The first-order valence-electron chi connectivity index (χ1n) is 11.5. The second kappa shape index (κ2) is 9.02. The Hall–Kier alpha value is -3.13. The fourth-order valence-corrected chi connectivity index (χ4v) is 5.49. The molecule has 2 aliphatic rings. The summed E-state index contributed by atoms with van der Waals surface area (Å²) in [5.41, 5.74) is 4.26. The number of fused-ring (bicyclic) bond motifs is 1. The van der Waals surface area contributed by atoms with Crippen molar-refractivity contribution in [3.63, 3.8) is 0 Å². The Morgan fingerprint density at radius 1 is 1.09 bits per heavy atom. The molecule has 1 N–H and O–H groups in total. The van der Waals surface area contributed by atoms with E-state index in [4.69, 9.17) is 4.74 Å². The minimum atomic E-state index is -3.29.